The van der Waals surface area contributed by atoms with Crippen LogP contribution >= 0.6 is 0 Å². The van der Waals surface area contributed by atoms with Gasteiger partial charge in [0.1, 0.15) is 0 Å². The van der Waals surface area contributed by atoms with Crippen molar-refractivity contribution in [3.05, 3.63) is 23.9 Å². The molecule has 0 saturated carbocycles. The average molecular weight is 249 g/mol. The molecule has 0 amide bonds. The van der Waals surface area contributed by atoms with Crippen LogP contribution in [0.3, 0.4) is 0 Å². The van der Waals surface area contributed by atoms with Crippen molar-refractivity contribution in [3.63, 3.8) is 0 Å². The number of hydrogen-bond acceptors (Lipinski definition) is 4. The molecule has 1 aromatic rings. The van der Waals surface area contributed by atoms with Crippen LogP contribution in [0.5, 0.6) is 5.88 Å². The molecule has 1 fully saturated rings. The van der Waals surface area contributed by atoms with Gasteiger partial charge in [-0.25, -0.2) is 4.98 Å². The molecule has 1 aliphatic rings. The Morgan fingerprint density at radius 1 is 1.50 bits per heavy atom. The SMILES string of the molecule is COc1cccc(CN2CCC(C)CC2CN)n1. The Labute approximate surface area is 109 Å². The molecule has 1 aromatic heterocycles. The van der Waals surface area contributed by atoms with Crippen LogP contribution in [0.25, 0.3) is 0 Å². The molecule has 2 atom stereocenters. The van der Waals surface area contributed by atoms with E-state index in [1.807, 2.05) is 18.2 Å². The molecular formula is C14H23N3O. The van der Waals surface area contributed by atoms with E-state index in [-0.39, 0.29) is 0 Å². The maximum Gasteiger partial charge on any atom is 0.213 e. The number of likely N-dealkylation sites (tertiary alicyclic amines) is 1. The number of aromatic nitrogens is 1. The molecule has 0 bridgehead atoms. The summed E-state index contributed by atoms with van der Waals surface area (Å²) in [6.45, 7) is 5.02. The molecule has 0 radical (unpaired) electrons. The summed E-state index contributed by atoms with van der Waals surface area (Å²) < 4.78 is 5.16. The third kappa shape index (κ3) is 3.21. The summed E-state index contributed by atoms with van der Waals surface area (Å²) in [7, 11) is 1.65. The number of piperidine rings is 1. The molecule has 18 heavy (non-hydrogen) atoms. The predicted octanol–water partition coefficient (Wildman–Crippen LogP) is 1.65. The van der Waals surface area contributed by atoms with Crippen molar-refractivity contribution in [2.45, 2.75) is 32.4 Å². The van der Waals surface area contributed by atoms with E-state index in [9.17, 15) is 0 Å². The zero-order valence-electron chi connectivity index (χ0n) is 11.3. The second kappa shape index (κ2) is 6.16. The van der Waals surface area contributed by atoms with Crippen molar-refractivity contribution in [1.29, 1.82) is 0 Å². The Morgan fingerprint density at radius 2 is 2.33 bits per heavy atom. The van der Waals surface area contributed by atoms with Crippen molar-refractivity contribution in [2.75, 3.05) is 20.2 Å². The van der Waals surface area contributed by atoms with Gasteiger partial charge in [0.2, 0.25) is 5.88 Å². The van der Waals surface area contributed by atoms with E-state index >= 15 is 0 Å². The van der Waals surface area contributed by atoms with Gasteiger partial charge in [-0.1, -0.05) is 13.0 Å². The van der Waals surface area contributed by atoms with Gasteiger partial charge in [0.15, 0.2) is 0 Å². The first-order valence-corrected chi connectivity index (χ1v) is 6.67. The van der Waals surface area contributed by atoms with Gasteiger partial charge in [0.05, 0.1) is 12.8 Å². The molecule has 1 aliphatic heterocycles. The fraction of sp³-hybridized carbons (Fsp3) is 0.643. The second-order valence-corrected chi connectivity index (χ2v) is 5.16. The summed E-state index contributed by atoms with van der Waals surface area (Å²) in [5, 5.41) is 0. The third-order valence-electron chi connectivity index (χ3n) is 3.73. The minimum Gasteiger partial charge on any atom is -0.481 e. The first-order chi connectivity index (χ1) is 8.72. The van der Waals surface area contributed by atoms with Crippen molar-refractivity contribution in [3.8, 4) is 5.88 Å². The van der Waals surface area contributed by atoms with Crippen molar-refractivity contribution in [1.82, 2.24) is 9.88 Å². The van der Waals surface area contributed by atoms with Crippen molar-refractivity contribution in [2.24, 2.45) is 11.7 Å². The Hall–Kier alpha value is -1.13. The van der Waals surface area contributed by atoms with Gasteiger partial charge in [-0.15, -0.1) is 0 Å². The largest absolute Gasteiger partial charge is 0.481 e. The van der Waals surface area contributed by atoms with E-state index in [1.165, 1.54) is 12.8 Å². The summed E-state index contributed by atoms with van der Waals surface area (Å²) in [6.07, 6.45) is 2.45. The van der Waals surface area contributed by atoms with Crippen LogP contribution in [0.1, 0.15) is 25.5 Å². The normalized spacial score (nSPS) is 25.1. The maximum atomic E-state index is 5.88. The van der Waals surface area contributed by atoms with E-state index in [0.717, 1.165) is 31.2 Å². The summed E-state index contributed by atoms with van der Waals surface area (Å²) in [4.78, 5) is 6.91. The van der Waals surface area contributed by atoms with E-state index in [4.69, 9.17) is 10.5 Å². The number of methoxy groups -OCH3 is 1. The number of ether oxygens (including phenoxy) is 1. The lowest BCUT2D eigenvalue weighted by molar-refractivity contribution is 0.113. The molecule has 2 heterocycles. The highest BCUT2D eigenvalue weighted by molar-refractivity contribution is 5.15. The lowest BCUT2D eigenvalue weighted by Gasteiger charge is -2.37. The Kier molecular flexibility index (Phi) is 4.55. The molecule has 4 nitrogen and oxygen atoms in total. The molecule has 2 unspecified atom stereocenters. The first-order valence-electron chi connectivity index (χ1n) is 6.67. The van der Waals surface area contributed by atoms with Gasteiger partial charge in [-0.2, -0.15) is 0 Å². The summed E-state index contributed by atoms with van der Waals surface area (Å²) in [5.74, 6) is 1.47. The van der Waals surface area contributed by atoms with Gasteiger partial charge >= 0.3 is 0 Å². The van der Waals surface area contributed by atoms with Crippen molar-refractivity contribution >= 4 is 0 Å². The molecule has 0 spiro atoms. The maximum absolute atomic E-state index is 5.88. The number of pyridine rings is 1. The van der Waals surface area contributed by atoms with E-state index in [0.29, 0.717) is 11.9 Å². The molecule has 100 valence electrons. The quantitative estimate of drug-likeness (QED) is 0.881. The first kappa shape index (κ1) is 13.3. The highest BCUT2D eigenvalue weighted by Gasteiger charge is 2.25. The smallest absolute Gasteiger partial charge is 0.213 e. The van der Waals surface area contributed by atoms with Crippen molar-refractivity contribution < 1.29 is 4.74 Å². The van der Waals surface area contributed by atoms with Gasteiger partial charge in [-0.05, 0) is 31.4 Å². The van der Waals surface area contributed by atoms with Crippen LogP contribution < -0.4 is 10.5 Å². The van der Waals surface area contributed by atoms with Crippen LogP contribution in [-0.4, -0.2) is 36.1 Å². The third-order valence-corrected chi connectivity index (χ3v) is 3.73. The fourth-order valence-electron chi connectivity index (χ4n) is 2.62. The lowest BCUT2D eigenvalue weighted by atomic mass is 9.92. The Morgan fingerprint density at radius 3 is 3.06 bits per heavy atom. The van der Waals surface area contributed by atoms with Crippen LogP contribution in [-0.2, 0) is 6.54 Å². The number of rotatable bonds is 4. The molecule has 0 aliphatic carbocycles. The van der Waals surface area contributed by atoms with Crippen LogP contribution in [0, 0.1) is 5.92 Å². The van der Waals surface area contributed by atoms with E-state index in [2.05, 4.69) is 16.8 Å². The average Bonchev–Trinajstić information content (AvgIpc) is 2.41. The minimum atomic E-state index is 0.488. The van der Waals surface area contributed by atoms with Crippen LogP contribution in [0.4, 0.5) is 0 Å². The number of hydrogen-bond donors (Lipinski definition) is 1. The van der Waals surface area contributed by atoms with E-state index in [1.54, 1.807) is 7.11 Å². The van der Waals surface area contributed by atoms with Crippen LogP contribution in [0.2, 0.25) is 0 Å². The van der Waals surface area contributed by atoms with Crippen LogP contribution in [0.15, 0.2) is 18.2 Å². The summed E-state index contributed by atoms with van der Waals surface area (Å²) in [6, 6.07) is 6.41. The molecule has 0 aromatic carbocycles. The zero-order valence-corrected chi connectivity index (χ0v) is 11.3. The number of nitrogens with zero attached hydrogens (tertiary/aromatic N) is 2. The Bertz CT molecular complexity index is 383. The van der Waals surface area contributed by atoms with E-state index < -0.39 is 0 Å². The molecule has 2 N–H and O–H groups in total. The lowest BCUT2D eigenvalue weighted by Crippen LogP contribution is -2.45. The molecule has 4 heteroatoms. The summed E-state index contributed by atoms with van der Waals surface area (Å²) >= 11 is 0. The van der Waals surface area contributed by atoms with Gasteiger partial charge < -0.3 is 10.5 Å². The Balaban J connectivity index is 2.02. The highest BCUT2D eigenvalue weighted by Crippen LogP contribution is 2.23. The monoisotopic (exact) mass is 249 g/mol. The van der Waals surface area contributed by atoms with Gasteiger partial charge in [-0.3, -0.25) is 4.90 Å². The predicted molar refractivity (Wildman–Crippen MR) is 72.4 cm³/mol. The second-order valence-electron chi connectivity index (χ2n) is 5.16. The molecule has 1 saturated heterocycles. The van der Waals surface area contributed by atoms with Gasteiger partial charge in [0.25, 0.3) is 0 Å². The fourth-order valence-corrected chi connectivity index (χ4v) is 2.62. The zero-order chi connectivity index (χ0) is 13.0. The minimum absolute atomic E-state index is 0.488. The molecular weight excluding hydrogens is 226 g/mol. The highest BCUT2D eigenvalue weighted by atomic mass is 16.5. The summed E-state index contributed by atoms with van der Waals surface area (Å²) in [5.41, 5.74) is 6.94. The number of nitrogens with two attached hydrogens (primary N) is 1. The van der Waals surface area contributed by atoms with Gasteiger partial charge in [0, 0.05) is 25.2 Å². The standard InChI is InChI=1S/C14H23N3O/c1-11-6-7-17(13(8-11)9-15)10-12-4-3-5-14(16-12)18-2/h3-5,11,13H,6-10,15H2,1-2H3. The topological polar surface area (TPSA) is 51.4 Å². The molecule has 2 rings (SSSR count).